The highest BCUT2D eigenvalue weighted by atomic mass is 127. The highest BCUT2D eigenvalue weighted by molar-refractivity contribution is 14.0. The van der Waals surface area contributed by atoms with E-state index >= 15 is 0 Å². The van der Waals surface area contributed by atoms with Crippen LogP contribution in [0.4, 0.5) is 18.9 Å². The number of guanidine groups is 1. The van der Waals surface area contributed by atoms with Crippen LogP contribution >= 0.6 is 24.0 Å². The fraction of sp³-hybridized carbons (Fsp3) is 0.562. The molecule has 0 bridgehead atoms. The minimum Gasteiger partial charge on any atom is -0.404 e. The van der Waals surface area contributed by atoms with Crippen LogP contribution in [0, 0.1) is 5.41 Å². The Morgan fingerprint density at radius 1 is 1.32 bits per heavy atom. The van der Waals surface area contributed by atoms with Crippen LogP contribution in [0.5, 0.6) is 5.75 Å². The third-order valence-electron chi connectivity index (χ3n) is 4.21. The van der Waals surface area contributed by atoms with Crippen LogP contribution < -0.4 is 15.8 Å². The molecule has 1 aromatic rings. The summed E-state index contributed by atoms with van der Waals surface area (Å²) in [5, 5.41) is 2.68. The molecule has 2 rings (SSSR count). The molecule has 3 N–H and O–H groups in total. The first-order valence-corrected chi connectivity index (χ1v) is 7.74. The largest absolute Gasteiger partial charge is 0.573 e. The summed E-state index contributed by atoms with van der Waals surface area (Å²) in [7, 11) is 1.66. The summed E-state index contributed by atoms with van der Waals surface area (Å²) >= 11 is 0. The van der Waals surface area contributed by atoms with Gasteiger partial charge in [-0.1, -0.05) is 18.6 Å². The highest BCUT2D eigenvalue weighted by Gasteiger charge is 2.36. The molecule has 0 unspecified atom stereocenters. The Hall–Kier alpha value is -1.23. The van der Waals surface area contributed by atoms with E-state index in [1.165, 1.54) is 18.2 Å². The van der Waals surface area contributed by atoms with Gasteiger partial charge in [-0.2, -0.15) is 0 Å². The fourth-order valence-corrected chi connectivity index (χ4v) is 2.70. The maximum atomic E-state index is 12.4. The SMILES string of the molecule is COCCC1(CN=C(N)Nc2ccccc2OC(F)(F)F)CCC1.I. The van der Waals surface area contributed by atoms with Crippen LogP contribution in [0.3, 0.4) is 0 Å². The van der Waals surface area contributed by atoms with Crippen molar-refractivity contribution in [3.05, 3.63) is 24.3 Å². The Kier molecular flexibility index (Phi) is 8.26. The number of methoxy groups -OCH3 is 1. The van der Waals surface area contributed by atoms with E-state index < -0.39 is 6.36 Å². The number of aliphatic imine (C=N–C) groups is 1. The fourth-order valence-electron chi connectivity index (χ4n) is 2.70. The lowest BCUT2D eigenvalue weighted by Gasteiger charge is -2.40. The zero-order valence-corrected chi connectivity index (χ0v) is 16.3. The summed E-state index contributed by atoms with van der Waals surface area (Å²) in [6.07, 6.45) is -0.607. The quantitative estimate of drug-likeness (QED) is 0.355. The number of rotatable bonds is 7. The summed E-state index contributed by atoms with van der Waals surface area (Å²) in [4.78, 5) is 4.30. The van der Waals surface area contributed by atoms with Gasteiger partial charge in [0.05, 0.1) is 5.69 Å². The van der Waals surface area contributed by atoms with Crippen molar-refractivity contribution >= 4 is 35.6 Å². The van der Waals surface area contributed by atoms with Crippen molar-refractivity contribution in [3.8, 4) is 5.75 Å². The summed E-state index contributed by atoms with van der Waals surface area (Å²) in [6, 6.07) is 5.71. The second-order valence-corrected chi connectivity index (χ2v) is 5.97. The molecule has 0 aliphatic heterocycles. The predicted octanol–water partition coefficient (Wildman–Crippen LogP) is 4.14. The van der Waals surface area contributed by atoms with E-state index in [9.17, 15) is 13.2 Å². The Labute approximate surface area is 162 Å². The lowest BCUT2D eigenvalue weighted by atomic mass is 9.67. The van der Waals surface area contributed by atoms with Crippen LogP contribution in [0.2, 0.25) is 0 Å². The number of anilines is 1. The number of hydrogen-bond acceptors (Lipinski definition) is 3. The molecule has 1 fully saturated rings. The molecule has 1 aliphatic carbocycles. The number of nitrogens with zero attached hydrogens (tertiary/aromatic N) is 1. The minimum atomic E-state index is -4.76. The maximum absolute atomic E-state index is 12.4. The number of benzene rings is 1. The second-order valence-electron chi connectivity index (χ2n) is 5.97. The van der Waals surface area contributed by atoms with E-state index in [-0.39, 0.29) is 46.8 Å². The van der Waals surface area contributed by atoms with Crippen LogP contribution in [0.25, 0.3) is 0 Å². The van der Waals surface area contributed by atoms with E-state index in [0.717, 1.165) is 25.7 Å². The van der Waals surface area contributed by atoms with Crippen molar-refractivity contribution in [1.29, 1.82) is 0 Å². The first-order chi connectivity index (χ1) is 11.3. The number of alkyl halides is 3. The summed E-state index contributed by atoms with van der Waals surface area (Å²) in [5.74, 6) is -0.280. The average Bonchev–Trinajstić information content (AvgIpc) is 2.46. The smallest absolute Gasteiger partial charge is 0.404 e. The van der Waals surface area contributed by atoms with E-state index in [1.807, 2.05) is 0 Å². The zero-order chi connectivity index (χ0) is 17.6. The molecule has 25 heavy (non-hydrogen) atoms. The van der Waals surface area contributed by atoms with Crippen molar-refractivity contribution in [2.24, 2.45) is 16.1 Å². The summed E-state index contributed by atoms with van der Waals surface area (Å²) in [5.41, 5.74) is 6.03. The van der Waals surface area contributed by atoms with Gasteiger partial charge >= 0.3 is 6.36 Å². The van der Waals surface area contributed by atoms with E-state index in [0.29, 0.717) is 13.2 Å². The number of halogens is 4. The van der Waals surface area contributed by atoms with Crippen molar-refractivity contribution in [2.75, 3.05) is 25.6 Å². The molecule has 0 atom stereocenters. The molecule has 1 aromatic carbocycles. The van der Waals surface area contributed by atoms with Gasteiger partial charge in [-0.15, -0.1) is 37.1 Å². The standard InChI is InChI=1S/C16H22F3N3O2.HI/c1-23-10-9-15(7-4-8-15)11-21-14(20)22-12-5-2-3-6-13(12)24-16(17,18)19;/h2-3,5-6H,4,7-11H2,1H3,(H3,20,21,22);1H. The first-order valence-electron chi connectivity index (χ1n) is 7.74. The number of nitrogens with one attached hydrogen (secondary N) is 1. The summed E-state index contributed by atoms with van der Waals surface area (Å²) < 4.78 is 46.3. The number of ether oxygens (including phenoxy) is 2. The molecule has 0 amide bonds. The van der Waals surface area contributed by atoms with Gasteiger partial charge in [-0.25, -0.2) is 0 Å². The lowest BCUT2D eigenvalue weighted by Crippen LogP contribution is -2.35. The normalized spacial score (nSPS) is 16.6. The van der Waals surface area contributed by atoms with Gasteiger partial charge in [0.25, 0.3) is 0 Å². The molecular weight excluding hydrogens is 450 g/mol. The monoisotopic (exact) mass is 473 g/mol. The molecule has 142 valence electrons. The molecule has 1 saturated carbocycles. The molecule has 0 spiro atoms. The highest BCUT2D eigenvalue weighted by Crippen LogP contribution is 2.44. The first kappa shape index (κ1) is 21.8. The van der Waals surface area contributed by atoms with Crippen LogP contribution in [0.1, 0.15) is 25.7 Å². The van der Waals surface area contributed by atoms with E-state index in [1.54, 1.807) is 13.2 Å². The molecule has 0 heterocycles. The van der Waals surface area contributed by atoms with Crippen LogP contribution in [-0.4, -0.2) is 32.6 Å². The van der Waals surface area contributed by atoms with Crippen LogP contribution in [-0.2, 0) is 4.74 Å². The summed E-state index contributed by atoms with van der Waals surface area (Å²) in [6.45, 7) is 1.18. The van der Waals surface area contributed by atoms with Crippen molar-refractivity contribution < 1.29 is 22.6 Å². The minimum absolute atomic E-state index is 0. The third kappa shape index (κ3) is 6.89. The lowest BCUT2D eigenvalue weighted by molar-refractivity contribution is -0.274. The maximum Gasteiger partial charge on any atom is 0.573 e. The number of hydrogen-bond donors (Lipinski definition) is 2. The van der Waals surface area contributed by atoms with E-state index in [4.69, 9.17) is 10.5 Å². The zero-order valence-electron chi connectivity index (χ0n) is 13.9. The number of para-hydroxylation sites is 2. The van der Waals surface area contributed by atoms with Crippen molar-refractivity contribution in [3.63, 3.8) is 0 Å². The van der Waals surface area contributed by atoms with Gasteiger partial charge in [0, 0.05) is 20.3 Å². The van der Waals surface area contributed by atoms with Crippen molar-refractivity contribution in [2.45, 2.75) is 32.0 Å². The van der Waals surface area contributed by atoms with E-state index in [2.05, 4.69) is 15.0 Å². The molecule has 0 aromatic heterocycles. The predicted molar refractivity (Wildman–Crippen MR) is 101 cm³/mol. The Bertz CT molecular complexity index is 578. The van der Waals surface area contributed by atoms with Crippen molar-refractivity contribution in [1.82, 2.24) is 0 Å². The van der Waals surface area contributed by atoms with Gasteiger partial charge in [0.2, 0.25) is 0 Å². The average molecular weight is 473 g/mol. The second kappa shape index (κ2) is 9.46. The molecule has 0 radical (unpaired) electrons. The van der Waals surface area contributed by atoms with Gasteiger partial charge in [-0.3, -0.25) is 4.99 Å². The van der Waals surface area contributed by atoms with Gasteiger partial charge in [0.1, 0.15) is 0 Å². The topological polar surface area (TPSA) is 68.9 Å². The molecule has 0 saturated heterocycles. The molecule has 5 nitrogen and oxygen atoms in total. The molecule has 9 heteroatoms. The van der Waals surface area contributed by atoms with Gasteiger partial charge in [0.15, 0.2) is 11.7 Å². The Balaban J connectivity index is 0.00000312. The Morgan fingerprint density at radius 3 is 2.56 bits per heavy atom. The Morgan fingerprint density at radius 2 is 2.00 bits per heavy atom. The van der Waals surface area contributed by atoms with Crippen LogP contribution in [0.15, 0.2) is 29.3 Å². The molecular formula is C16H23F3IN3O2. The third-order valence-corrected chi connectivity index (χ3v) is 4.21. The molecule has 1 aliphatic rings. The van der Waals surface area contributed by atoms with Gasteiger partial charge < -0.3 is 20.5 Å². The van der Waals surface area contributed by atoms with Gasteiger partial charge in [-0.05, 0) is 36.8 Å². The number of nitrogens with two attached hydrogens (primary N) is 1.